The summed E-state index contributed by atoms with van der Waals surface area (Å²) in [6.07, 6.45) is 4.39. The lowest BCUT2D eigenvalue weighted by molar-refractivity contribution is -0.120. The van der Waals surface area contributed by atoms with Crippen LogP contribution in [-0.4, -0.2) is 41.3 Å². The fraction of sp³-hybridized carbons (Fsp3) is 0.409. The molecule has 3 rings (SSSR count). The molecule has 1 aliphatic carbocycles. The highest BCUT2D eigenvalue weighted by molar-refractivity contribution is 7.92. The van der Waals surface area contributed by atoms with E-state index in [2.05, 4.69) is 17.4 Å². The zero-order valence-corrected chi connectivity index (χ0v) is 18.6. The number of benzene rings is 2. The Labute approximate surface area is 178 Å². The van der Waals surface area contributed by atoms with Crippen LogP contribution in [0.5, 0.6) is 11.5 Å². The van der Waals surface area contributed by atoms with E-state index in [1.54, 1.807) is 12.1 Å². The number of ether oxygens (including phenoxy) is 2. The smallest absolute Gasteiger partial charge is 0.241 e. The number of sulfonamides is 1. The van der Waals surface area contributed by atoms with Gasteiger partial charge in [0.25, 0.3) is 0 Å². The lowest BCUT2D eigenvalue weighted by atomic mass is 10.0. The topological polar surface area (TPSA) is 84.9 Å². The van der Waals surface area contributed by atoms with Gasteiger partial charge in [-0.1, -0.05) is 18.2 Å². The molecule has 7 nitrogen and oxygen atoms in total. The van der Waals surface area contributed by atoms with Gasteiger partial charge in [-0.3, -0.25) is 9.10 Å². The molecule has 1 N–H and O–H groups in total. The van der Waals surface area contributed by atoms with Crippen LogP contribution in [0.25, 0.3) is 0 Å². The predicted octanol–water partition coefficient (Wildman–Crippen LogP) is 2.84. The summed E-state index contributed by atoms with van der Waals surface area (Å²) >= 11 is 0. The van der Waals surface area contributed by atoms with Gasteiger partial charge in [-0.15, -0.1) is 0 Å². The summed E-state index contributed by atoms with van der Waals surface area (Å²) in [6.45, 7) is 1.57. The molecular formula is C22H28N2O5S. The quantitative estimate of drug-likeness (QED) is 0.693. The van der Waals surface area contributed by atoms with Gasteiger partial charge in [0.05, 0.1) is 32.2 Å². The van der Waals surface area contributed by atoms with Crippen molar-refractivity contribution in [2.24, 2.45) is 0 Å². The molecular weight excluding hydrogens is 404 g/mol. The molecule has 1 atom stereocenters. The highest BCUT2D eigenvalue weighted by Gasteiger charge is 2.23. The van der Waals surface area contributed by atoms with Crippen molar-refractivity contribution in [1.82, 2.24) is 5.32 Å². The van der Waals surface area contributed by atoms with Crippen LogP contribution < -0.4 is 19.1 Å². The lowest BCUT2D eigenvalue weighted by Crippen LogP contribution is -2.41. The molecule has 0 radical (unpaired) electrons. The monoisotopic (exact) mass is 432 g/mol. The van der Waals surface area contributed by atoms with Crippen molar-refractivity contribution in [2.75, 3.05) is 31.3 Å². The van der Waals surface area contributed by atoms with Crippen LogP contribution in [0.1, 0.15) is 36.1 Å². The van der Waals surface area contributed by atoms with Gasteiger partial charge in [-0.05, 0) is 55.0 Å². The average Bonchev–Trinajstić information content (AvgIpc) is 3.18. The molecule has 0 aromatic heterocycles. The van der Waals surface area contributed by atoms with Crippen LogP contribution in [0.4, 0.5) is 5.69 Å². The number of aryl methyl sites for hydroxylation is 2. The first-order valence-corrected chi connectivity index (χ1v) is 11.7. The van der Waals surface area contributed by atoms with Crippen LogP contribution in [0.3, 0.4) is 0 Å². The zero-order valence-electron chi connectivity index (χ0n) is 17.8. The highest BCUT2D eigenvalue weighted by atomic mass is 32.2. The van der Waals surface area contributed by atoms with E-state index < -0.39 is 10.0 Å². The van der Waals surface area contributed by atoms with Gasteiger partial charge in [-0.25, -0.2) is 8.42 Å². The second-order valence-electron chi connectivity index (χ2n) is 7.48. The third-order valence-corrected chi connectivity index (χ3v) is 6.48. The summed E-state index contributed by atoms with van der Waals surface area (Å²) in [6, 6.07) is 10.8. The first kappa shape index (κ1) is 22.0. The van der Waals surface area contributed by atoms with E-state index in [0.29, 0.717) is 17.2 Å². The van der Waals surface area contributed by atoms with Crippen molar-refractivity contribution < 1.29 is 22.7 Å². The Morgan fingerprint density at radius 1 is 1.07 bits per heavy atom. The molecule has 1 amide bonds. The van der Waals surface area contributed by atoms with Crippen molar-refractivity contribution in [3.8, 4) is 11.5 Å². The molecule has 8 heteroatoms. The maximum atomic E-state index is 12.7. The lowest BCUT2D eigenvalue weighted by Gasteiger charge is -2.24. The minimum absolute atomic E-state index is 0.227. The molecule has 0 heterocycles. The molecule has 1 aliphatic rings. The summed E-state index contributed by atoms with van der Waals surface area (Å²) in [5.41, 5.74) is 4.04. The summed E-state index contributed by atoms with van der Waals surface area (Å²) in [4.78, 5) is 12.7. The molecule has 0 saturated heterocycles. The van der Waals surface area contributed by atoms with Crippen molar-refractivity contribution in [3.63, 3.8) is 0 Å². The molecule has 0 bridgehead atoms. The van der Waals surface area contributed by atoms with E-state index in [1.165, 1.54) is 31.4 Å². The van der Waals surface area contributed by atoms with Gasteiger partial charge < -0.3 is 14.8 Å². The molecule has 0 saturated carbocycles. The number of rotatable bonds is 8. The van der Waals surface area contributed by atoms with Gasteiger partial charge in [-0.2, -0.15) is 0 Å². The largest absolute Gasteiger partial charge is 0.493 e. The van der Waals surface area contributed by atoms with Gasteiger partial charge in [0, 0.05) is 6.07 Å². The number of carbonyl (C=O) groups excluding carboxylic acids is 1. The van der Waals surface area contributed by atoms with E-state index in [-0.39, 0.29) is 18.5 Å². The standard InChI is InChI=1S/C22H28N2O5S/c1-15(17-9-8-16-6-5-7-18(16)12-17)23-22(25)14-24(30(4,26)27)19-10-11-20(28-2)21(13-19)29-3/h8-13,15H,5-7,14H2,1-4H3,(H,23,25)/t15-/m0/s1. The maximum Gasteiger partial charge on any atom is 0.241 e. The van der Waals surface area contributed by atoms with Gasteiger partial charge in [0.15, 0.2) is 11.5 Å². The molecule has 0 aliphatic heterocycles. The minimum atomic E-state index is -3.69. The summed E-state index contributed by atoms with van der Waals surface area (Å²) in [7, 11) is -0.721. The first-order chi connectivity index (χ1) is 14.2. The Kier molecular flexibility index (Phi) is 6.55. The molecule has 162 valence electrons. The molecule has 0 spiro atoms. The third-order valence-electron chi connectivity index (χ3n) is 5.34. The number of hydrogen-bond acceptors (Lipinski definition) is 5. The average molecular weight is 433 g/mol. The van der Waals surface area contributed by atoms with E-state index in [4.69, 9.17) is 9.47 Å². The first-order valence-electron chi connectivity index (χ1n) is 9.83. The predicted molar refractivity (Wildman–Crippen MR) is 117 cm³/mol. The van der Waals surface area contributed by atoms with E-state index in [1.807, 2.05) is 13.0 Å². The van der Waals surface area contributed by atoms with Crippen molar-refractivity contribution >= 4 is 21.6 Å². The number of amides is 1. The Morgan fingerprint density at radius 2 is 1.77 bits per heavy atom. The number of nitrogens with zero attached hydrogens (tertiary/aromatic N) is 1. The SMILES string of the molecule is COc1ccc(N(CC(=O)N[C@@H](C)c2ccc3c(c2)CCC3)S(C)(=O)=O)cc1OC. The van der Waals surface area contributed by atoms with Crippen LogP contribution in [-0.2, 0) is 27.7 Å². The molecule has 0 fully saturated rings. The fourth-order valence-corrected chi connectivity index (χ4v) is 4.59. The number of nitrogens with one attached hydrogen (secondary N) is 1. The van der Waals surface area contributed by atoms with Gasteiger partial charge in [0.1, 0.15) is 6.54 Å². The minimum Gasteiger partial charge on any atom is -0.493 e. The second kappa shape index (κ2) is 8.95. The van der Waals surface area contributed by atoms with E-state index >= 15 is 0 Å². The fourth-order valence-electron chi connectivity index (χ4n) is 3.74. The molecule has 2 aromatic carbocycles. The normalized spacial score (nSPS) is 14.0. The summed E-state index contributed by atoms with van der Waals surface area (Å²) < 4.78 is 36.3. The number of fused-ring (bicyclic) bond motifs is 1. The summed E-state index contributed by atoms with van der Waals surface area (Å²) in [5, 5.41) is 2.91. The van der Waals surface area contributed by atoms with Crippen molar-refractivity contribution in [1.29, 1.82) is 0 Å². The van der Waals surface area contributed by atoms with Crippen molar-refractivity contribution in [3.05, 3.63) is 53.1 Å². The van der Waals surface area contributed by atoms with Gasteiger partial charge in [0.2, 0.25) is 15.9 Å². The number of hydrogen-bond donors (Lipinski definition) is 1. The highest BCUT2D eigenvalue weighted by Crippen LogP contribution is 2.32. The Morgan fingerprint density at radius 3 is 2.43 bits per heavy atom. The number of methoxy groups -OCH3 is 2. The molecule has 0 unspecified atom stereocenters. The Hall–Kier alpha value is -2.74. The van der Waals surface area contributed by atoms with Crippen LogP contribution in [0.2, 0.25) is 0 Å². The second-order valence-corrected chi connectivity index (χ2v) is 9.39. The van der Waals surface area contributed by atoms with E-state index in [0.717, 1.165) is 35.4 Å². The third kappa shape index (κ3) is 4.87. The van der Waals surface area contributed by atoms with Gasteiger partial charge >= 0.3 is 0 Å². The zero-order chi connectivity index (χ0) is 21.9. The molecule has 30 heavy (non-hydrogen) atoms. The van der Waals surface area contributed by atoms with Crippen LogP contribution in [0.15, 0.2) is 36.4 Å². The Balaban J connectivity index is 1.76. The Bertz CT molecular complexity index is 1040. The maximum absolute atomic E-state index is 12.7. The summed E-state index contributed by atoms with van der Waals surface area (Å²) in [5.74, 6) is 0.475. The van der Waals surface area contributed by atoms with E-state index in [9.17, 15) is 13.2 Å². The number of anilines is 1. The number of carbonyl (C=O) groups is 1. The van der Waals surface area contributed by atoms with Crippen molar-refractivity contribution in [2.45, 2.75) is 32.2 Å². The molecule has 2 aromatic rings. The van der Waals surface area contributed by atoms with Crippen LogP contribution >= 0.6 is 0 Å². The van der Waals surface area contributed by atoms with Crippen LogP contribution in [0, 0.1) is 0 Å².